The van der Waals surface area contributed by atoms with E-state index in [0.29, 0.717) is 30.0 Å². The summed E-state index contributed by atoms with van der Waals surface area (Å²) in [7, 11) is 3.99. The number of amides is 3. The highest BCUT2D eigenvalue weighted by Gasteiger charge is 2.35. The highest BCUT2D eigenvalue weighted by Crippen LogP contribution is 2.29. The fourth-order valence-corrected chi connectivity index (χ4v) is 5.32. The van der Waals surface area contributed by atoms with E-state index in [-0.39, 0.29) is 34.9 Å². The molecule has 3 atom stereocenters. The second-order valence-electron chi connectivity index (χ2n) is 11.0. The molecule has 0 spiro atoms. The summed E-state index contributed by atoms with van der Waals surface area (Å²) in [5.41, 5.74) is 1.67. The number of aromatic nitrogens is 2. The van der Waals surface area contributed by atoms with Gasteiger partial charge in [-0.2, -0.15) is 0 Å². The summed E-state index contributed by atoms with van der Waals surface area (Å²) >= 11 is 1.43. The van der Waals surface area contributed by atoms with Gasteiger partial charge < -0.3 is 14.6 Å². The molecule has 1 aromatic carbocycles. The second kappa shape index (κ2) is 13.9. The zero-order chi connectivity index (χ0) is 27.8. The lowest BCUT2D eigenvalue weighted by Gasteiger charge is -2.31. The number of imide groups is 1. The first-order valence-corrected chi connectivity index (χ1v) is 14.3. The zero-order valence-electron chi connectivity index (χ0n) is 23.3. The van der Waals surface area contributed by atoms with E-state index in [1.165, 1.54) is 11.8 Å². The van der Waals surface area contributed by atoms with Crippen molar-refractivity contribution < 1.29 is 18.8 Å². The van der Waals surface area contributed by atoms with Gasteiger partial charge in [0, 0.05) is 23.4 Å². The summed E-state index contributed by atoms with van der Waals surface area (Å²) in [6, 6.07) is 7.16. The minimum atomic E-state index is -0.717. The van der Waals surface area contributed by atoms with Crippen molar-refractivity contribution in [3.8, 4) is 0 Å². The third-order valence-electron chi connectivity index (χ3n) is 6.46. The molecule has 3 rings (SSSR count). The van der Waals surface area contributed by atoms with Crippen LogP contribution >= 0.6 is 11.8 Å². The molecule has 2 aromatic rings. The van der Waals surface area contributed by atoms with E-state index in [1.807, 2.05) is 66.1 Å². The molecule has 1 fully saturated rings. The molecule has 1 aliphatic carbocycles. The van der Waals surface area contributed by atoms with Gasteiger partial charge in [0.1, 0.15) is 5.92 Å². The van der Waals surface area contributed by atoms with Crippen LogP contribution in [0.25, 0.3) is 0 Å². The first kappa shape index (κ1) is 29.8. The molecular formula is C28H41N5O4S. The Kier molecular flexibility index (Phi) is 10.9. The van der Waals surface area contributed by atoms with Gasteiger partial charge in [-0.1, -0.05) is 64.4 Å². The lowest BCUT2D eigenvalue weighted by atomic mass is 9.83. The molecule has 10 heteroatoms. The molecular weight excluding hydrogens is 502 g/mol. The molecule has 1 aliphatic rings. The summed E-state index contributed by atoms with van der Waals surface area (Å²) in [6.07, 6.45) is 3.55. The van der Waals surface area contributed by atoms with Crippen molar-refractivity contribution in [1.82, 2.24) is 25.7 Å². The smallest absolute Gasteiger partial charge is 0.276 e. The first-order valence-electron chi connectivity index (χ1n) is 13.4. The average Bonchev–Trinajstić information content (AvgIpc) is 3.30. The number of hydrogen-bond donors (Lipinski definition) is 2. The van der Waals surface area contributed by atoms with Crippen LogP contribution in [0.1, 0.15) is 87.5 Å². The Labute approximate surface area is 229 Å². The molecule has 9 nitrogen and oxygen atoms in total. The van der Waals surface area contributed by atoms with E-state index in [4.69, 9.17) is 4.42 Å². The van der Waals surface area contributed by atoms with Crippen LogP contribution in [0.15, 0.2) is 33.9 Å². The Morgan fingerprint density at radius 1 is 1.05 bits per heavy atom. The van der Waals surface area contributed by atoms with Gasteiger partial charge in [-0.3, -0.25) is 19.7 Å². The molecule has 0 aliphatic heterocycles. The van der Waals surface area contributed by atoms with Crippen molar-refractivity contribution >= 4 is 29.5 Å². The lowest BCUT2D eigenvalue weighted by molar-refractivity contribution is -0.135. The number of nitrogens with zero attached hydrogens (tertiary/aromatic N) is 3. The van der Waals surface area contributed by atoms with Gasteiger partial charge in [-0.15, -0.1) is 10.2 Å². The number of hydrogen-bond acceptors (Lipinski definition) is 8. The van der Waals surface area contributed by atoms with E-state index in [1.54, 1.807) is 0 Å². The molecule has 0 saturated heterocycles. The standard InChI is InChI=1S/C28H41N5O4S/c1-17(2)15-22(27-31-32-28(37-27)38-18(3)4)26(36)30-25(35)21-9-7-8-10-23(21)29-24(34)20-13-11-19(12-14-20)16-33(5)6/h11-14,17-18,21-23H,7-10,15-16H2,1-6H3,(H,29,34)(H,30,35,36)/t21-,22?,23+/m1/s1. The summed E-state index contributed by atoms with van der Waals surface area (Å²) in [4.78, 5) is 41.6. The fraction of sp³-hybridized carbons (Fsp3) is 0.607. The summed E-state index contributed by atoms with van der Waals surface area (Å²) in [5.74, 6) is -1.83. The van der Waals surface area contributed by atoms with Crippen LogP contribution in [-0.4, -0.2) is 58.2 Å². The average molecular weight is 544 g/mol. The SMILES string of the molecule is CC(C)CC(C(=O)NC(=O)[C@@H]1CCCC[C@@H]1NC(=O)c1ccc(CN(C)C)cc1)c1nnc(SC(C)C)o1. The van der Waals surface area contributed by atoms with Crippen molar-refractivity contribution in [3.63, 3.8) is 0 Å². The first-order chi connectivity index (χ1) is 18.0. The van der Waals surface area contributed by atoms with Crippen molar-refractivity contribution in [1.29, 1.82) is 0 Å². The van der Waals surface area contributed by atoms with E-state index < -0.39 is 17.7 Å². The quantitative estimate of drug-likeness (QED) is 0.401. The van der Waals surface area contributed by atoms with E-state index >= 15 is 0 Å². The zero-order valence-corrected chi connectivity index (χ0v) is 24.1. The Bertz CT molecular complexity index is 1080. The Morgan fingerprint density at radius 3 is 2.37 bits per heavy atom. The van der Waals surface area contributed by atoms with E-state index in [2.05, 4.69) is 25.7 Å². The number of benzene rings is 1. The largest absolute Gasteiger partial charge is 0.415 e. The van der Waals surface area contributed by atoms with Gasteiger partial charge in [-0.05, 0) is 57.0 Å². The van der Waals surface area contributed by atoms with Crippen molar-refractivity contribution in [3.05, 3.63) is 41.3 Å². The van der Waals surface area contributed by atoms with Crippen molar-refractivity contribution in [2.75, 3.05) is 14.1 Å². The highest BCUT2D eigenvalue weighted by molar-refractivity contribution is 7.99. The van der Waals surface area contributed by atoms with Gasteiger partial charge in [-0.25, -0.2) is 0 Å². The number of carbonyl (C=O) groups excluding carboxylic acids is 3. The topological polar surface area (TPSA) is 117 Å². The normalized spacial score (nSPS) is 18.6. The number of thioether (sulfide) groups is 1. The molecule has 0 radical (unpaired) electrons. The van der Waals surface area contributed by atoms with Crippen LogP contribution < -0.4 is 10.6 Å². The molecule has 208 valence electrons. The Hall–Kier alpha value is -2.72. The Balaban J connectivity index is 1.67. The minimum Gasteiger partial charge on any atom is -0.415 e. The maximum Gasteiger partial charge on any atom is 0.276 e. The predicted octanol–water partition coefficient (Wildman–Crippen LogP) is 4.39. The number of rotatable bonds is 11. The third kappa shape index (κ3) is 8.66. The highest BCUT2D eigenvalue weighted by atomic mass is 32.2. The van der Waals surface area contributed by atoms with Gasteiger partial charge in [0.15, 0.2) is 0 Å². The monoisotopic (exact) mass is 543 g/mol. The maximum absolute atomic E-state index is 13.3. The fourth-order valence-electron chi connectivity index (χ4n) is 4.70. The number of nitrogens with one attached hydrogen (secondary N) is 2. The third-order valence-corrected chi connectivity index (χ3v) is 7.30. The molecule has 0 bridgehead atoms. The lowest BCUT2D eigenvalue weighted by Crippen LogP contribution is -2.50. The second-order valence-corrected chi connectivity index (χ2v) is 12.5. The van der Waals surface area contributed by atoms with Gasteiger partial charge in [0.25, 0.3) is 11.1 Å². The van der Waals surface area contributed by atoms with Crippen LogP contribution in [0.3, 0.4) is 0 Å². The molecule has 38 heavy (non-hydrogen) atoms. The van der Waals surface area contributed by atoms with Crippen LogP contribution in [0.2, 0.25) is 0 Å². The van der Waals surface area contributed by atoms with E-state index in [0.717, 1.165) is 24.9 Å². The van der Waals surface area contributed by atoms with Gasteiger partial charge in [0.05, 0.1) is 5.92 Å². The summed E-state index contributed by atoms with van der Waals surface area (Å²) in [5, 5.41) is 14.5. The molecule has 1 saturated carbocycles. The summed E-state index contributed by atoms with van der Waals surface area (Å²) in [6.45, 7) is 8.83. The Morgan fingerprint density at radius 2 is 1.74 bits per heavy atom. The van der Waals surface area contributed by atoms with Gasteiger partial charge >= 0.3 is 0 Å². The minimum absolute atomic E-state index is 0.180. The predicted molar refractivity (Wildman–Crippen MR) is 148 cm³/mol. The summed E-state index contributed by atoms with van der Waals surface area (Å²) < 4.78 is 5.77. The van der Waals surface area contributed by atoms with Gasteiger partial charge in [0.2, 0.25) is 17.7 Å². The molecule has 1 aromatic heterocycles. The van der Waals surface area contributed by atoms with Crippen LogP contribution in [0.5, 0.6) is 0 Å². The van der Waals surface area contributed by atoms with Crippen LogP contribution in [0, 0.1) is 11.8 Å². The molecule has 2 N–H and O–H groups in total. The molecule has 3 amide bonds. The van der Waals surface area contributed by atoms with Crippen LogP contribution in [-0.2, 0) is 16.1 Å². The van der Waals surface area contributed by atoms with Crippen LogP contribution in [0.4, 0.5) is 0 Å². The molecule has 1 heterocycles. The molecule has 1 unspecified atom stereocenters. The van der Waals surface area contributed by atoms with E-state index in [9.17, 15) is 14.4 Å². The maximum atomic E-state index is 13.3. The number of carbonyl (C=O) groups is 3. The van der Waals surface area contributed by atoms with Crippen molar-refractivity contribution in [2.45, 2.75) is 88.8 Å². The van der Waals surface area contributed by atoms with Crippen molar-refractivity contribution in [2.24, 2.45) is 11.8 Å².